The van der Waals surface area contributed by atoms with Gasteiger partial charge in [0.25, 0.3) is 5.69 Å². The van der Waals surface area contributed by atoms with Crippen LogP contribution in [0.15, 0.2) is 24.3 Å². The smallest absolute Gasteiger partial charge is 0.319 e. The number of non-ortho nitro benzene ring substituents is 1. The van der Waals surface area contributed by atoms with E-state index in [1.165, 1.54) is 24.3 Å². The van der Waals surface area contributed by atoms with Crippen molar-refractivity contribution in [2.75, 3.05) is 5.32 Å². The van der Waals surface area contributed by atoms with Gasteiger partial charge in [-0.2, -0.15) is 0 Å². The fourth-order valence-electron chi connectivity index (χ4n) is 2.06. The molecular formula is C13H15N3O5. The highest BCUT2D eigenvalue weighted by Crippen LogP contribution is 2.34. The predicted molar refractivity (Wildman–Crippen MR) is 74.0 cm³/mol. The van der Waals surface area contributed by atoms with Crippen LogP contribution in [0.1, 0.15) is 19.3 Å². The molecule has 0 bridgehead atoms. The molecule has 0 radical (unpaired) electrons. The van der Waals surface area contributed by atoms with Crippen LogP contribution in [0.5, 0.6) is 0 Å². The first-order valence-corrected chi connectivity index (χ1v) is 6.49. The van der Waals surface area contributed by atoms with E-state index < -0.39 is 23.0 Å². The van der Waals surface area contributed by atoms with Gasteiger partial charge < -0.3 is 15.7 Å². The highest BCUT2D eigenvalue weighted by Gasteiger charge is 2.33. The van der Waals surface area contributed by atoms with Crippen molar-refractivity contribution in [1.82, 2.24) is 5.32 Å². The zero-order valence-corrected chi connectivity index (χ0v) is 11.1. The number of benzene rings is 1. The minimum atomic E-state index is -0.970. The molecule has 21 heavy (non-hydrogen) atoms. The Hall–Kier alpha value is -2.64. The lowest BCUT2D eigenvalue weighted by molar-refractivity contribution is -0.384. The number of hydrogen-bond acceptors (Lipinski definition) is 4. The van der Waals surface area contributed by atoms with Crippen molar-refractivity contribution in [3.8, 4) is 0 Å². The number of rotatable bonds is 6. The van der Waals surface area contributed by atoms with Gasteiger partial charge in [-0.05, 0) is 24.8 Å². The number of amides is 2. The van der Waals surface area contributed by atoms with E-state index in [2.05, 4.69) is 10.6 Å². The molecule has 2 amide bonds. The van der Waals surface area contributed by atoms with Gasteiger partial charge in [0.2, 0.25) is 0 Å². The molecule has 0 aromatic heterocycles. The molecule has 3 N–H and O–H groups in total. The molecule has 1 aromatic carbocycles. The SMILES string of the molecule is O=C(O)CC(NC(=O)Nc1cccc([N+](=O)[O-])c1)C1CC1. The molecule has 0 saturated heterocycles. The largest absolute Gasteiger partial charge is 0.481 e. The van der Waals surface area contributed by atoms with Crippen LogP contribution in [-0.2, 0) is 4.79 Å². The van der Waals surface area contributed by atoms with Crippen LogP contribution in [0.25, 0.3) is 0 Å². The minimum absolute atomic E-state index is 0.128. The highest BCUT2D eigenvalue weighted by atomic mass is 16.6. The van der Waals surface area contributed by atoms with Gasteiger partial charge in [-0.15, -0.1) is 0 Å². The maximum atomic E-state index is 11.8. The van der Waals surface area contributed by atoms with E-state index in [1.807, 2.05) is 0 Å². The molecule has 8 nitrogen and oxygen atoms in total. The summed E-state index contributed by atoms with van der Waals surface area (Å²) >= 11 is 0. The number of nitro benzene ring substituents is 1. The molecule has 1 saturated carbocycles. The zero-order valence-electron chi connectivity index (χ0n) is 11.1. The Kier molecular flexibility index (Phi) is 4.36. The number of nitrogens with one attached hydrogen (secondary N) is 2. The molecule has 1 fully saturated rings. The standard InChI is InChI=1S/C13H15N3O5/c17-12(18)7-11(8-4-5-8)15-13(19)14-9-2-1-3-10(6-9)16(20)21/h1-3,6,8,11H,4-5,7H2,(H,17,18)(H2,14,15,19). The lowest BCUT2D eigenvalue weighted by Gasteiger charge is -2.16. The number of carboxylic acids is 1. The van der Waals surface area contributed by atoms with Crippen LogP contribution in [0, 0.1) is 16.0 Å². The quantitative estimate of drug-likeness (QED) is 0.546. The summed E-state index contributed by atoms with van der Waals surface area (Å²) in [6, 6.07) is 4.57. The van der Waals surface area contributed by atoms with Crippen LogP contribution in [0.2, 0.25) is 0 Å². The Morgan fingerprint density at radius 2 is 2.14 bits per heavy atom. The fourth-order valence-corrected chi connectivity index (χ4v) is 2.06. The van der Waals surface area contributed by atoms with E-state index in [9.17, 15) is 19.7 Å². The third-order valence-corrected chi connectivity index (χ3v) is 3.22. The first kappa shape index (κ1) is 14.8. The zero-order chi connectivity index (χ0) is 15.4. The molecule has 0 spiro atoms. The molecule has 0 heterocycles. The van der Waals surface area contributed by atoms with Crippen molar-refractivity contribution in [3.05, 3.63) is 34.4 Å². The Bertz CT molecular complexity index is 571. The number of anilines is 1. The summed E-state index contributed by atoms with van der Waals surface area (Å²) in [5, 5.41) is 24.5. The van der Waals surface area contributed by atoms with Gasteiger partial charge in [0.1, 0.15) is 0 Å². The summed E-state index contributed by atoms with van der Waals surface area (Å²) in [6.07, 6.45) is 1.66. The number of carbonyl (C=O) groups is 2. The Labute approximate surface area is 120 Å². The van der Waals surface area contributed by atoms with Crippen LogP contribution in [0.4, 0.5) is 16.2 Å². The summed E-state index contributed by atoms with van der Waals surface area (Å²) in [7, 11) is 0. The summed E-state index contributed by atoms with van der Waals surface area (Å²) in [6.45, 7) is 0. The fraction of sp³-hybridized carbons (Fsp3) is 0.385. The third kappa shape index (κ3) is 4.44. The van der Waals surface area contributed by atoms with Crippen LogP contribution < -0.4 is 10.6 Å². The molecule has 1 aliphatic rings. The molecule has 1 aliphatic carbocycles. The summed E-state index contributed by atoms with van der Waals surface area (Å²) < 4.78 is 0. The van der Waals surface area contributed by atoms with E-state index in [1.54, 1.807) is 0 Å². The van der Waals surface area contributed by atoms with Gasteiger partial charge in [0.15, 0.2) is 0 Å². The van der Waals surface area contributed by atoms with Gasteiger partial charge >= 0.3 is 12.0 Å². The molecule has 8 heteroatoms. The number of nitro groups is 1. The minimum Gasteiger partial charge on any atom is -0.481 e. The van der Waals surface area contributed by atoms with Gasteiger partial charge in [-0.3, -0.25) is 14.9 Å². The number of urea groups is 1. The summed E-state index contributed by atoms with van der Waals surface area (Å²) in [4.78, 5) is 32.7. The van der Waals surface area contributed by atoms with E-state index in [0.717, 1.165) is 12.8 Å². The van der Waals surface area contributed by atoms with Crippen molar-refractivity contribution >= 4 is 23.4 Å². The topological polar surface area (TPSA) is 122 Å². The first-order valence-electron chi connectivity index (χ1n) is 6.49. The molecule has 112 valence electrons. The predicted octanol–water partition coefficient (Wildman–Crippen LogP) is 1.97. The maximum absolute atomic E-state index is 11.8. The highest BCUT2D eigenvalue weighted by molar-refractivity contribution is 5.90. The molecule has 1 unspecified atom stereocenters. The summed E-state index contributed by atoms with van der Waals surface area (Å²) in [5.41, 5.74) is 0.156. The van der Waals surface area contributed by atoms with Crippen molar-refractivity contribution in [2.24, 2.45) is 5.92 Å². The van der Waals surface area contributed by atoms with Gasteiger partial charge in [0.05, 0.1) is 11.3 Å². The Morgan fingerprint density at radius 3 is 2.71 bits per heavy atom. The Balaban J connectivity index is 1.95. The third-order valence-electron chi connectivity index (χ3n) is 3.22. The van der Waals surface area contributed by atoms with E-state index in [0.29, 0.717) is 0 Å². The van der Waals surface area contributed by atoms with Crippen molar-refractivity contribution in [3.63, 3.8) is 0 Å². The van der Waals surface area contributed by atoms with Gasteiger partial charge in [-0.1, -0.05) is 6.07 Å². The second-order valence-electron chi connectivity index (χ2n) is 4.95. The van der Waals surface area contributed by atoms with Crippen LogP contribution >= 0.6 is 0 Å². The molecule has 0 aliphatic heterocycles. The van der Waals surface area contributed by atoms with Crippen molar-refractivity contribution in [2.45, 2.75) is 25.3 Å². The monoisotopic (exact) mass is 293 g/mol. The number of aliphatic carboxylic acids is 1. The second-order valence-corrected chi connectivity index (χ2v) is 4.95. The number of carboxylic acid groups (broad SMARTS) is 1. The Morgan fingerprint density at radius 1 is 1.43 bits per heavy atom. The molecule has 2 rings (SSSR count). The van der Waals surface area contributed by atoms with E-state index in [4.69, 9.17) is 5.11 Å². The van der Waals surface area contributed by atoms with E-state index in [-0.39, 0.29) is 23.7 Å². The van der Waals surface area contributed by atoms with Gasteiger partial charge in [0, 0.05) is 23.9 Å². The van der Waals surface area contributed by atoms with Crippen LogP contribution in [-0.4, -0.2) is 28.1 Å². The average Bonchev–Trinajstić information content (AvgIpc) is 3.21. The maximum Gasteiger partial charge on any atom is 0.319 e. The number of nitrogens with zero attached hydrogens (tertiary/aromatic N) is 1. The van der Waals surface area contributed by atoms with Crippen LogP contribution in [0.3, 0.4) is 0 Å². The number of hydrogen-bond donors (Lipinski definition) is 3. The normalized spacial score (nSPS) is 15.0. The van der Waals surface area contributed by atoms with Gasteiger partial charge in [-0.25, -0.2) is 4.79 Å². The molecule has 1 aromatic rings. The van der Waals surface area contributed by atoms with Crippen molar-refractivity contribution < 1.29 is 19.6 Å². The average molecular weight is 293 g/mol. The first-order chi connectivity index (χ1) is 9.95. The molecule has 1 atom stereocenters. The van der Waals surface area contributed by atoms with E-state index >= 15 is 0 Å². The lowest BCUT2D eigenvalue weighted by Crippen LogP contribution is -2.40. The van der Waals surface area contributed by atoms with Crippen molar-refractivity contribution in [1.29, 1.82) is 0 Å². The second kappa shape index (κ2) is 6.21. The lowest BCUT2D eigenvalue weighted by atomic mass is 10.1. The number of carbonyl (C=O) groups excluding carboxylic acids is 1. The molecular weight excluding hydrogens is 278 g/mol. The summed E-state index contributed by atoms with van der Waals surface area (Å²) in [5.74, 6) is -0.778.